The lowest BCUT2D eigenvalue weighted by atomic mass is 9.94. The minimum absolute atomic E-state index is 0.0841. The minimum atomic E-state index is -0.925. The average molecular weight is 489 g/mol. The van der Waals surface area contributed by atoms with Crippen LogP contribution in [0.25, 0.3) is 0 Å². The molecule has 1 aromatic heterocycles. The first-order valence-corrected chi connectivity index (χ1v) is 12.4. The molecule has 1 atom stereocenters. The molecule has 1 aliphatic rings. The van der Waals surface area contributed by atoms with Crippen LogP contribution in [0.15, 0.2) is 67.1 Å². The normalized spacial score (nSPS) is 14.5. The van der Waals surface area contributed by atoms with Crippen LogP contribution in [0.4, 0.5) is 5.69 Å². The molecule has 8 nitrogen and oxygen atoms in total. The van der Waals surface area contributed by atoms with E-state index in [4.69, 9.17) is 9.47 Å². The zero-order valence-electron chi connectivity index (χ0n) is 20.7. The van der Waals surface area contributed by atoms with Gasteiger partial charge in [0.25, 0.3) is 5.91 Å². The fourth-order valence-electron chi connectivity index (χ4n) is 4.52. The third kappa shape index (κ3) is 6.00. The van der Waals surface area contributed by atoms with E-state index in [1.54, 1.807) is 31.4 Å². The summed E-state index contributed by atoms with van der Waals surface area (Å²) in [6, 6.07) is 13.5. The standard InChI is InChI=1S/C28H32N4O4/c1-3-36-24-13-9-20(10-14-24)26(27(33)31-21-7-5-4-6-8-21)32(22-11-15-23(35-2)16-12-22)28(34)25-19-29-17-18-30-25/h9-19,21,26H,3-8H2,1-2H3,(H,31,33)/t26-/m0/s1. The Labute approximate surface area is 211 Å². The smallest absolute Gasteiger partial charge is 0.279 e. The Bertz CT molecular complexity index is 1130. The molecule has 1 N–H and O–H groups in total. The lowest BCUT2D eigenvalue weighted by Gasteiger charge is -2.33. The monoisotopic (exact) mass is 488 g/mol. The van der Waals surface area contributed by atoms with Crippen LogP contribution >= 0.6 is 0 Å². The van der Waals surface area contributed by atoms with Crippen LogP contribution in [0.5, 0.6) is 11.5 Å². The summed E-state index contributed by atoms with van der Waals surface area (Å²) >= 11 is 0. The van der Waals surface area contributed by atoms with E-state index >= 15 is 0 Å². The van der Waals surface area contributed by atoms with Gasteiger partial charge in [0.15, 0.2) is 0 Å². The lowest BCUT2D eigenvalue weighted by molar-refractivity contribution is -0.123. The summed E-state index contributed by atoms with van der Waals surface area (Å²) in [6.07, 6.45) is 9.59. The predicted molar refractivity (Wildman–Crippen MR) is 137 cm³/mol. The van der Waals surface area contributed by atoms with E-state index in [2.05, 4.69) is 15.3 Å². The maximum atomic E-state index is 13.9. The number of nitrogens with one attached hydrogen (secondary N) is 1. The second-order valence-corrected chi connectivity index (χ2v) is 8.71. The molecular weight excluding hydrogens is 456 g/mol. The van der Waals surface area contributed by atoms with Gasteiger partial charge < -0.3 is 14.8 Å². The van der Waals surface area contributed by atoms with Gasteiger partial charge in [-0.15, -0.1) is 0 Å². The molecule has 0 aliphatic heterocycles. The molecule has 4 rings (SSSR count). The summed E-state index contributed by atoms with van der Waals surface area (Å²) < 4.78 is 10.9. The van der Waals surface area contributed by atoms with Crippen LogP contribution in [0.2, 0.25) is 0 Å². The van der Waals surface area contributed by atoms with Gasteiger partial charge in [-0.25, -0.2) is 4.98 Å². The van der Waals surface area contributed by atoms with Crippen molar-refractivity contribution in [3.63, 3.8) is 0 Å². The van der Waals surface area contributed by atoms with E-state index in [0.717, 1.165) is 25.7 Å². The van der Waals surface area contributed by atoms with Crippen molar-refractivity contribution in [1.82, 2.24) is 15.3 Å². The van der Waals surface area contributed by atoms with Gasteiger partial charge in [-0.05, 0) is 61.7 Å². The van der Waals surface area contributed by atoms with E-state index in [0.29, 0.717) is 29.4 Å². The largest absolute Gasteiger partial charge is 0.497 e. The number of nitrogens with zero attached hydrogens (tertiary/aromatic N) is 3. The molecule has 36 heavy (non-hydrogen) atoms. The number of hydrogen-bond acceptors (Lipinski definition) is 6. The number of rotatable bonds is 9. The van der Waals surface area contributed by atoms with Crippen LogP contribution < -0.4 is 19.7 Å². The molecular formula is C28H32N4O4. The first kappa shape index (κ1) is 25.2. The first-order chi connectivity index (χ1) is 17.6. The second kappa shape index (κ2) is 12.2. The van der Waals surface area contributed by atoms with Gasteiger partial charge in [0, 0.05) is 24.1 Å². The van der Waals surface area contributed by atoms with E-state index in [9.17, 15) is 9.59 Å². The zero-order chi connectivity index (χ0) is 25.3. The van der Waals surface area contributed by atoms with Gasteiger partial charge in [-0.3, -0.25) is 19.5 Å². The van der Waals surface area contributed by atoms with Crippen LogP contribution in [-0.2, 0) is 4.79 Å². The number of methoxy groups -OCH3 is 1. The minimum Gasteiger partial charge on any atom is -0.497 e. The fraction of sp³-hybridized carbons (Fsp3) is 0.357. The molecule has 188 valence electrons. The summed E-state index contributed by atoms with van der Waals surface area (Å²) in [5.41, 5.74) is 1.36. The Hall–Kier alpha value is -3.94. The highest BCUT2D eigenvalue weighted by atomic mass is 16.5. The SMILES string of the molecule is CCOc1ccc([C@@H](C(=O)NC2CCCCC2)N(C(=O)c2cnccn2)c2ccc(OC)cc2)cc1. The Morgan fingerprint density at radius 1 is 1.00 bits per heavy atom. The lowest BCUT2D eigenvalue weighted by Crippen LogP contribution is -2.47. The summed E-state index contributed by atoms with van der Waals surface area (Å²) in [5.74, 6) is 0.684. The molecule has 8 heteroatoms. The molecule has 0 radical (unpaired) electrons. The average Bonchev–Trinajstić information content (AvgIpc) is 2.93. The van der Waals surface area contributed by atoms with Crippen LogP contribution in [0.1, 0.15) is 61.1 Å². The van der Waals surface area contributed by atoms with Crippen LogP contribution in [0, 0.1) is 0 Å². The highest BCUT2D eigenvalue weighted by Gasteiger charge is 2.35. The molecule has 3 aromatic rings. The summed E-state index contributed by atoms with van der Waals surface area (Å²) in [7, 11) is 1.58. The fourth-order valence-corrected chi connectivity index (χ4v) is 4.52. The maximum Gasteiger partial charge on any atom is 0.279 e. The van der Waals surface area contributed by atoms with Crippen molar-refractivity contribution in [2.24, 2.45) is 0 Å². The Morgan fingerprint density at radius 2 is 1.69 bits per heavy atom. The summed E-state index contributed by atoms with van der Waals surface area (Å²) in [6.45, 7) is 2.45. The van der Waals surface area contributed by atoms with Crippen LogP contribution in [-0.4, -0.2) is 41.5 Å². The number of carbonyl (C=O) groups excluding carboxylic acids is 2. The Balaban J connectivity index is 1.78. The molecule has 0 spiro atoms. The number of ether oxygens (including phenoxy) is 2. The van der Waals surface area contributed by atoms with Crippen molar-refractivity contribution >= 4 is 17.5 Å². The number of anilines is 1. The van der Waals surface area contributed by atoms with E-state index in [1.807, 2.05) is 31.2 Å². The molecule has 1 fully saturated rings. The summed E-state index contributed by atoms with van der Waals surface area (Å²) in [5, 5.41) is 3.21. The molecule has 1 saturated carbocycles. The Morgan fingerprint density at radius 3 is 2.31 bits per heavy atom. The first-order valence-electron chi connectivity index (χ1n) is 12.4. The highest BCUT2D eigenvalue weighted by molar-refractivity contribution is 6.09. The quantitative estimate of drug-likeness (QED) is 0.468. The molecule has 2 amide bonds. The molecule has 0 saturated heterocycles. The Kier molecular flexibility index (Phi) is 8.49. The van der Waals surface area contributed by atoms with E-state index in [1.165, 1.54) is 29.9 Å². The van der Waals surface area contributed by atoms with Crippen molar-refractivity contribution < 1.29 is 19.1 Å². The van der Waals surface area contributed by atoms with Gasteiger partial charge in [0.05, 0.1) is 19.9 Å². The number of amides is 2. The van der Waals surface area contributed by atoms with E-state index < -0.39 is 11.9 Å². The molecule has 0 bridgehead atoms. The topological polar surface area (TPSA) is 93.7 Å². The predicted octanol–water partition coefficient (Wildman–Crippen LogP) is 4.72. The van der Waals surface area contributed by atoms with E-state index in [-0.39, 0.29) is 17.6 Å². The van der Waals surface area contributed by atoms with Crippen LogP contribution in [0.3, 0.4) is 0 Å². The summed E-state index contributed by atoms with van der Waals surface area (Å²) in [4.78, 5) is 37.5. The number of benzene rings is 2. The van der Waals surface area contributed by atoms with Gasteiger partial charge in [-0.2, -0.15) is 0 Å². The highest BCUT2D eigenvalue weighted by Crippen LogP contribution is 2.32. The molecule has 1 heterocycles. The van der Waals surface area contributed by atoms with Crippen molar-refractivity contribution in [3.05, 3.63) is 78.4 Å². The number of carbonyl (C=O) groups is 2. The molecule has 0 unspecified atom stereocenters. The number of aromatic nitrogens is 2. The van der Waals surface area contributed by atoms with Crippen molar-refractivity contribution in [2.45, 2.75) is 51.1 Å². The molecule has 1 aliphatic carbocycles. The van der Waals surface area contributed by atoms with Gasteiger partial charge >= 0.3 is 0 Å². The van der Waals surface area contributed by atoms with Crippen molar-refractivity contribution in [2.75, 3.05) is 18.6 Å². The number of hydrogen-bond donors (Lipinski definition) is 1. The molecule has 2 aromatic carbocycles. The van der Waals surface area contributed by atoms with Gasteiger partial charge in [0.2, 0.25) is 5.91 Å². The third-order valence-corrected chi connectivity index (χ3v) is 6.32. The van der Waals surface area contributed by atoms with Gasteiger partial charge in [-0.1, -0.05) is 31.4 Å². The van der Waals surface area contributed by atoms with Gasteiger partial charge in [0.1, 0.15) is 23.2 Å². The zero-order valence-corrected chi connectivity index (χ0v) is 20.7. The van der Waals surface area contributed by atoms with Crippen molar-refractivity contribution in [1.29, 1.82) is 0 Å². The second-order valence-electron chi connectivity index (χ2n) is 8.71. The third-order valence-electron chi connectivity index (χ3n) is 6.32. The maximum absolute atomic E-state index is 13.9. The van der Waals surface area contributed by atoms with Crippen molar-refractivity contribution in [3.8, 4) is 11.5 Å².